The first kappa shape index (κ1) is 26.7. The summed E-state index contributed by atoms with van der Waals surface area (Å²) < 4.78 is 55.3. The zero-order chi connectivity index (χ0) is 26.2. The fourth-order valence-corrected chi connectivity index (χ4v) is 5.31. The van der Waals surface area contributed by atoms with Crippen molar-refractivity contribution >= 4 is 17.8 Å². The quantitative estimate of drug-likeness (QED) is 0.344. The Balaban J connectivity index is 1.32. The summed E-state index contributed by atoms with van der Waals surface area (Å²) in [4.78, 5) is 3.96. The molecule has 0 saturated carbocycles. The van der Waals surface area contributed by atoms with Crippen molar-refractivity contribution in [3.05, 3.63) is 101 Å². The molecule has 0 radical (unpaired) electrons. The average molecular weight is 527 g/mol. The number of halogens is 3. The Hall–Kier alpha value is -3.39. The van der Waals surface area contributed by atoms with E-state index in [0.29, 0.717) is 30.9 Å². The first-order chi connectivity index (χ1) is 17.9. The third-order valence-electron chi connectivity index (χ3n) is 5.86. The van der Waals surface area contributed by atoms with E-state index in [0.717, 1.165) is 6.07 Å². The fraction of sp³-hybridized carbons (Fsp3) is 0.296. The number of aromatic nitrogens is 3. The molecular formula is C27H25F3N4O2S. The number of nitrogens with zero attached hydrogens (tertiary/aromatic N) is 4. The van der Waals surface area contributed by atoms with E-state index in [-0.39, 0.29) is 22.0 Å². The van der Waals surface area contributed by atoms with Crippen LogP contribution in [-0.2, 0) is 16.0 Å². The van der Waals surface area contributed by atoms with Gasteiger partial charge in [-0.2, -0.15) is 10.4 Å². The van der Waals surface area contributed by atoms with Gasteiger partial charge < -0.3 is 9.47 Å². The normalized spacial score (nSPS) is 19.8. The number of hydrogen-bond acceptors (Lipinski definition) is 6. The lowest BCUT2D eigenvalue weighted by molar-refractivity contribution is -0.146. The van der Waals surface area contributed by atoms with Gasteiger partial charge in [0.25, 0.3) is 0 Å². The fourth-order valence-electron chi connectivity index (χ4n) is 3.96. The zero-order valence-corrected chi connectivity index (χ0v) is 20.8. The van der Waals surface area contributed by atoms with E-state index >= 15 is 0 Å². The number of ether oxygens (including phenoxy) is 2. The van der Waals surface area contributed by atoms with Crippen molar-refractivity contribution in [3.63, 3.8) is 0 Å². The summed E-state index contributed by atoms with van der Waals surface area (Å²) in [5, 5.41) is 12.9. The standard InChI is InChI=1S/C27H25F3N4O2S/c1-18(24(13-34-17-32-16-33-34)23-9-8-21(28)11-26(23)30)37-22-14-35-27(36-15-22)5-3-2-4-20-7-6-19(12-31)10-25(20)29/h2-11,16-18,22,24,27H,13-15H2,1H3/b4-2+,5-3+/t18-,22?,24?,27?/m1/s1. The van der Waals surface area contributed by atoms with Crippen molar-refractivity contribution in [1.82, 2.24) is 14.8 Å². The highest BCUT2D eigenvalue weighted by Crippen LogP contribution is 2.35. The van der Waals surface area contributed by atoms with E-state index in [1.54, 1.807) is 59.2 Å². The van der Waals surface area contributed by atoms with Crippen LogP contribution >= 0.6 is 11.8 Å². The van der Waals surface area contributed by atoms with Gasteiger partial charge >= 0.3 is 0 Å². The summed E-state index contributed by atoms with van der Waals surface area (Å²) in [5.74, 6) is -1.96. The van der Waals surface area contributed by atoms with Crippen LogP contribution in [0.25, 0.3) is 6.08 Å². The van der Waals surface area contributed by atoms with Crippen LogP contribution in [-0.4, -0.2) is 44.8 Å². The summed E-state index contributed by atoms with van der Waals surface area (Å²) in [6, 6.07) is 9.83. The SMILES string of the molecule is C[C@@H](SC1COC(/C=C/C=C/c2ccc(C#N)cc2F)OC1)C(Cn1cncn1)c1ccc(F)cc1F. The first-order valence-corrected chi connectivity index (χ1v) is 12.6. The predicted molar refractivity (Wildman–Crippen MR) is 135 cm³/mol. The van der Waals surface area contributed by atoms with Crippen molar-refractivity contribution < 1.29 is 22.6 Å². The van der Waals surface area contributed by atoms with Crippen LogP contribution in [0.5, 0.6) is 0 Å². The molecule has 2 aromatic carbocycles. The van der Waals surface area contributed by atoms with Crippen LogP contribution in [0.1, 0.15) is 29.5 Å². The minimum absolute atomic E-state index is 0.0182. The van der Waals surface area contributed by atoms with Gasteiger partial charge in [-0.3, -0.25) is 4.68 Å². The van der Waals surface area contributed by atoms with Crippen LogP contribution < -0.4 is 0 Å². The van der Waals surface area contributed by atoms with Gasteiger partial charge in [-0.05, 0) is 29.8 Å². The number of benzene rings is 2. The molecule has 10 heteroatoms. The Bertz CT molecular complexity index is 1290. The first-order valence-electron chi connectivity index (χ1n) is 11.6. The topological polar surface area (TPSA) is 73.0 Å². The summed E-state index contributed by atoms with van der Waals surface area (Å²) in [6.07, 6.45) is 9.16. The number of allylic oxidation sites excluding steroid dienone is 2. The van der Waals surface area contributed by atoms with Gasteiger partial charge in [-0.25, -0.2) is 18.2 Å². The van der Waals surface area contributed by atoms with Crippen LogP contribution in [0, 0.1) is 28.8 Å². The maximum Gasteiger partial charge on any atom is 0.177 e. The molecule has 37 heavy (non-hydrogen) atoms. The smallest absolute Gasteiger partial charge is 0.177 e. The lowest BCUT2D eigenvalue weighted by atomic mass is 9.95. The summed E-state index contributed by atoms with van der Waals surface area (Å²) in [5.41, 5.74) is 1.06. The van der Waals surface area contributed by atoms with Crippen molar-refractivity contribution in [2.45, 2.75) is 36.2 Å². The van der Waals surface area contributed by atoms with Crippen molar-refractivity contribution in [2.24, 2.45) is 0 Å². The number of thioether (sulfide) groups is 1. The maximum atomic E-state index is 14.6. The Labute approximate surface area is 217 Å². The highest BCUT2D eigenvalue weighted by molar-refractivity contribution is 8.00. The maximum absolute atomic E-state index is 14.6. The highest BCUT2D eigenvalue weighted by Gasteiger charge is 2.29. The summed E-state index contributed by atoms with van der Waals surface area (Å²) in [7, 11) is 0. The van der Waals surface area contributed by atoms with Crippen molar-refractivity contribution in [3.8, 4) is 6.07 Å². The minimum Gasteiger partial charge on any atom is -0.348 e. The molecule has 1 aromatic heterocycles. The Morgan fingerprint density at radius 3 is 2.62 bits per heavy atom. The van der Waals surface area contributed by atoms with E-state index in [1.807, 2.05) is 13.0 Å². The van der Waals surface area contributed by atoms with E-state index in [2.05, 4.69) is 10.1 Å². The largest absolute Gasteiger partial charge is 0.348 e. The Kier molecular flexibility index (Phi) is 9.17. The molecule has 4 rings (SSSR count). The van der Waals surface area contributed by atoms with Crippen molar-refractivity contribution in [2.75, 3.05) is 13.2 Å². The monoisotopic (exact) mass is 526 g/mol. The highest BCUT2D eigenvalue weighted by atomic mass is 32.2. The zero-order valence-electron chi connectivity index (χ0n) is 20.0. The van der Waals surface area contributed by atoms with Gasteiger partial charge in [-0.1, -0.05) is 37.3 Å². The van der Waals surface area contributed by atoms with E-state index in [4.69, 9.17) is 14.7 Å². The van der Waals surface area contributed by atoms with E-state index in [9.17, 15) is 13.2 Å². The molecule has 2 atom stereocenters. The molecule has 1 unspecified atom stereocenters. The second kappa shape index (κ2) is 12.7. The second-order valence-electron chi connectivity index (χ2n) is 8.48. The molecule has 192 valence electrons. The van der Waals surface area contributed by atoms with Crippen LogP contribution in [0.3, 0.4) is 0 Å². The third kappa shape index (κ3) is 7.32. The molecule has 0 amide bonds. The van der Waals surface area contributed by atoms with Gasteiger partial charge in [0.05, 0.1) is 36.6 Å². The summed E-state index contributed by atoms with van der Waals surface area (Å²) >= 11 is 1.62. The molecule has 1 aliphatic rings. The van der Waals surface area contributed by atoms with Gasteiger partial charge in [0.15, 0.2) is 6.29 Å². The summed E-state index contributed by atoms with van der Waals surface area (Å²) in [6.45, 7) is 3.25. The van der Waals surface area contributed by atoms with E-state index in [1.165, 1.54) is 24.5 Å². The molecule has 0 bridgehead atoms. The molecule has 1 saturated heterocycles. The molecule has 2 heterocycles. The number of hydrogen-bond donors (Lipinski definition) is 0. The molecule has 0 N–H and O–H groups in total. The molecule has 0 aliphatic carbocycles. The number of rotatable bonds is 9. The molecule has 6 nitrogen and oxygen atoms in total. The molecule has 1 aliphatic heterocycles. The predicted octanol–water partition coefficient (Wildman–Crippen LogP) is 5.48. The van der Waals surface area contributed by atoms with Crippen LogP contribution in [0.2, 0.25) is 0 Å². The van der Waals surface area contributed by atoms with Crippen molar-refractivity contribution in [1.29, 1.82) is 5.26 Å². The van der Waals surface area contributed by atoms with Crippen LogP contribution in [0.15, 0.2) is 67.3 Å². The number of nitriles is 1. The molecule has 0 spiro atoms. The van der Waals surface area contributed by atoms with Crippen LogP contribution in [0.4, 0.5) is 13.2 Å². The van der Waals surface area contributed by atoms with Gasteiger partial charge in [0.1, 0.15) is 30.1 Å². The lowest BCUT2D eigenvalue weighted by Gasteiger charge is -2.32. The third-order valence-corrected chi connectivity index (χ3v) is 7.28. The van der Waals surface area contributed by atoms with Gasteiger partial charge in [0, 0.05) is 22.8 Å². The van der Waals surface area contributed by atoms with Gasteiger partial charge in [-0.15, -0.1) is 11.8 Å². The van der Waals surface area contributed by atoms with E-state index < -0.39 is 23.7 Å². The van der Waals surface area contributed by atoms with Gasteiger partial charge in [0.2, 0.25) is 0 Å². The average Bonchev–Trinajstić information content (AvgIpc) is 3.40. The lowest BCUT2D eigenvalue weighted by Crippen LogP contribution is -2.34. The second-order valence-corrected chi connectivity index (χ2v) is 10.2. The Morgan fingerprint density at radius 1 is 1.14 bits per heavy atom. The Morgan fingerprint density at radius 2 is 1.95 bits per heavy atom. The minimum atomic E-state index is -0.619. The molecular weight excluding hydrogens is 501 g/mol. The molecule has 1 fully saturated rings. The molecule has 3 aromatic rings.